The number of amides is 1. The lowest BCUT2D eigenvalue weighted by Crippen LogP contribution is -2.41. The highest BCUT2D eigenvalue weighted by Crippen LogP contribution is 2.23. The third-order valence-electron chi connectivity index (χ3n) is 5.31. The van der Waals surface area contributed by atoms with Crippen LogP contribution in [0.3, 0.4) is 0 Å². The molecule has 1 N–H and O–H groups in total. The molecule has 0 atom stereocenters. The number of benzene rings is 1. The van der Waals surface area contributed by atoms with E-state index < -0.39 is 15.4 Å². The van der Waals surface area contributed by atoms with Gasteiger partial charge in [-0.3, -0.25) is 9.59 Å². The standard InChI is InChI=1S/C21H25BrN2O4S/c1-14-12-15(2)24(13-19(25)23-17-6-4-3-5-7-17)21(26)20(14)29(27,28)18-10-8-16(22)9-11-18/h8-12,17H,3-7,13H2,1-2H3,(H,23,25). The van der Waals surface area contributed by atoms with Gasteiger partial charge >= 0.3 is 0 Å². The van der Waals surface area contributed by atoms with Gasteiger partial charge in [0.2, 0.25) is 15.7 Å². The van der Waals surface area contributed by atoms with Crippen LogP contribution in [0.2, 0.25) is 0 Å². The first-order valence-electron chi connectivity index (χ1n) is 9.71. The molecule has 1 aliphatic carbocycles. The van der Waals surface area contributed by atoms with E-state index in [1.54, 1.807) is 32.0 Å². The molecule has 1 amide bonds. The van der Waals surface area contributed by atoms with Gasteiger partial charge in [-0.25, -0.2) is 8.42 Å². The number of pyridine rings is 1. The quantitative estimate of drug-likeness (QED) is 0.709. The first-order chi connectivity index (χ1) is 13.7. The largest absolute Gasteiger partial charge is 0.352 e. The monoisotopic (exact) mass is 480 g/mol. The first-order valence-corrected chi connectivity index (χ1v) is 12.0. The fraction of sp³-hybridized carbons (Fsp3) is 0.429. The summed E-state index contributed by atoms with van der Waals surface area (Å²) in [6, 6.07) is 7.92. The Morgan fingerprint density at radius 2 is 1.76 bits per heavy atom. The molecule has 3 rings (SSSR count). The normalized spacial score (nSPS) is 15.3. The van der Waals surface area contributed by atoms with Crippen molar-refractivity contribution in [2.45, 2.75) is 68.3 Å². The molecule has 1 heterocycles. The summed E-state index contributed by atoms with van der Waals surface area (Å²) in [4.78, 5) is 25.4. The molecule has 1 aromatic heterocycles. The summed E-state index contributed by atoms with van der Waals surface area (Å²) in [7, 11) is -4.01. The van der Waals surface area contributed by atoms with Crippen LogP contribution in [-0.4, -0.2) is 24.9 Å². The Balaban J connectivity index is 1.95. The van der Waals surface area contributed by atoms with E-state index in [0.717, 1.165) is 30.2 Å². The Hall–Kier alpha value is -1.93. The number of hydrogen-bond donors (Lipinski definition) is 1. The first kappa shape index (κ1) is 21.8. The lowest BCUT2D eigenvalue weighted by atomic mass is 9.95. The molecule has 0 spiro atoms. The van der Waals surface area contributed by atoms with E-state index in [2.05, 4.69) is 21.2 Å². The highest BCUT2D eigenvalue weighted by molar-refractivity contribution is 9.10. The minimum absolute atomic E-state index is 0.0444. The predicted molar refractivity (Wildman–Crippen MR) is 115 cm³/mol. The average molecular weight is 481 g/mol. The van der Waals surface area contributed by atoms with E-state index in [1.165, 1.54) is 23.1 Å². The lowest BCUT2D eigenvalue weighted by Gasteiger charge is -2.23. The maximum Gasteiger partial charge on any atom is 0.270 e. The van der Waals surface area contributed by atoms with Gasteiger partial charge in [-0.15, -0.1) is 0 Å². The number of sulfone groups is 1. The fourth-order valence-electron chi connectivity index (χ4n) is 3.83. The molecule has 1 saturated carbocycles. The molecule has 1 fully saturated rings. The van der Waals surface area contributed by atoms with Crippen LogP contribution >= 0.6 is 15.9 Å². The molecule has 1 aromatic carbocycles. The summed E-state index contributed by atoms with van der Waals surface area (Å²) < 4.78 is 28.2. The maximum atomic E-state index is 13.1. The zero-order chi connectivity index (χ0) is 21.2. The number of nitrogens with zero attached hydrogens (tertiary/aromatic N) is 1. The van der Waals surface area contributed by atoms with Crippen molar-refractivity contribution >= 4 is 31.7 Å². The van der Waals surface area contributed by atoms with Crippen LogP contribution in [0.15, 0.2) is 49.4 Å². The van der Waals surface area contributed by atoms with Gasteiger partial charge in [0.05, 0.1) is 4.90 Å². The van der Waals surface area contributed by atoms with Crippen molar-refractivity contribution in [3.63, 3.8) is 0 Å². The lowest BCUT2D eigenvalue weighted by molar-refractivity contribution is -0.122. The minimum atomic E-state index is -4.01. The van der Waals surface area contributed by atoms with Crippen molar-refractivity contribution in [3.8, 4) is 0 Å². The molecule has 0 aliphatic heterocycles. The third-order valence-corrected chi connectivity index (χ3v) is 7.77. The van der Waals surface area contributed by atoms with Crippen molar-refractivity contribution in [1.82, 2.24) is 9.88 Å². The van der Waals surface area contributed by atoms with E-state index in [-0.39, 0.29) is 28.3 Å². The number of carbonyl (C=O) groups is 1. The summed E-state index contributed by atoms with van der Waals surface area (Å²) in [5.41, 5.74) is 0.268. The molecule has 8 heteroatoms. The molecule has 29 heavy (non-hydrogen) atoms. The van der Waals surface area contributed by atoms with E-state index in [0.29, 0.717) is 11.3 Å². The number of carbonyl (C=O) groups excluding carboxylic acids is 1. The van der Waals surface area contributed by atoms with Gasteiger partial charge in [-0.2, -0.15) is 0 Å². The summed E-state index contributed by atoms with van der Waals surface area (Å²) >= 11 is 3.28. The second-order valence-corrected chi connectivity index (χ2v) is 10.4. The molecule has 0 radical (unpaired) electrons. The van der Waals surface area contributed by atoms with Gasteiger partial charge in [0, 0.05) is 16.2 Å². The summed E-state index contributed by atoms with van der Waals surface area (Å²) in [6.45, 7) is 3.12. The minimum Gasteiger partial charge on any atom is -0.352 e. The highest BCUT2D eigenvalue weighted by atomic mass is 79.9. The van der Waals surface area contributed by atoms with Crippen LogP contribution in [0.1, 0.15) is 43.4 Å². The summed E-state index contributed by atoms with van der Waals surface area (Å²) in [5.74, 6) is -0.266. The molecule has 0 bridgehead atoms. The Labute approximate surface area is 179 Å². The molecule has 0 unspecified atom stereocenters. The smallest absolute Gasteiger partial charge is 0.270 e. The predicted octanol–water partition coefficient (Wildman–Crippen LogP) is 3.51. The number of hydrogen-bond acceptors (Lipinski definition) is 4. The molecular formula is C21H25BrN2O4S. The van der Waals surface area contributed by atoms with Crippen LogP contribution in [0.5, 0.6) is 0 Å². The van der Waals surface area contributed by atoms with Crippen molar-refractivity contribution in [1.29, 1.82) is 0 Å². The van der Waals surface area contributed by atoms with Gasteiger partial charge in [0.15, 0.2) is 0 Å². The number of nitrogens with one attached hydrogen (secondary N) is 1. The zero-order valence-corrected chi connectivity index (χ0v) is 19.0. The number of aromatic nitrogens is 1. The van der Waals surface area contributed by atoms with E-state index in [9.17, 15) is 18.0 Å². The fourth-order valence-corrected chi connectivity index (χ4v) is 5.64. The van der Waals surface area contributed by atoms with Crippen molar-refractivity contribution in [2.24, 2.45) is 0 Å². The molecule has 0 saturated heterocycles. The number of aryl methyl sites for hydroxylation is 2. The van der Waals surface area contributed by atoms with Gasteiger partial charge in [0.1, 0.15) is 11.4 Å². The second-order valence-electron chi connectivity index (χ2n) is 7.55. The Bertz CT molecular complexity index is 1070. The molecule has 6 nitrogen and oxygen atoms in total. The molecule has 1 aliphatic rings. The highest BCUT2D eigenvalue weighted by Gasteiger charge is 2.26. The van der Waals surface area contributed by atoms with E-state index in [1.807, 2.05) is 0 Å². The maximum absolute atomic E-state index is 13.1. The van der Waals surface area contributed by atoms with Crippen LogP contribution in [0, 0.1) is 13.8 Å². The summed E-state index contributed by atoms with van der Waals surface area (Å²) in [5, 5.41) is 2.98. The number of rotatable bonds is 5. The van der Waals surface area contributed by atoms with E-state index >= 15 is 0 Å². The second kappa shape index (κ2) is 8.83. The average Bonchev–Trinajstić information content (AvgIpc) is 2.66. The van der Waals surface area contributed by atoms with Gasteiger partial charge in [-0.05, 0) is 62.6 Å². The van der Waals surface area contributed by atoms with Crippen molar-refractivity contribution in [2.75, 3.05) is 0 Å². The molecule has 156 valence electrons. The Morgan fingerprint density at radius 3 is 2.38 bits per heavy atom. The van der Waals surface area contributed by atoms with Gasteiger partial charge in [0.25, 0.3) is 5.56 Å². The van der Waals surface area contributed by atoms with Crippen LogP contribution in [0.25, 0.3) is 0 Å². The number of halogens is 1. The van der Waals surface area contributed by atoms with Crippen LogP contribution < -0.4 is 10.9 Å². The van der Waals surface area contributed by atoms with Crippen molar-refractivity contribution in [3.05, 3.63) is 56.4 Å². The van der Waals surface area contributed by atoms with Crippen LogP contribution in [-0.2, 0) is 21.2 Å². The Kier molecular flexibility index (Phi) is 6.63. The van der Waals surface area contributed by atoms with Crippen LogP contribution in [0.4, 0.5) is 0 Å². The Morgan fingerprint density at radius 1 is 1.14 bits per heavy atom. The third kappa shape index (κ3) is 4.80. The summed E-state index contributed by atoms with van der Waals surface area (Å²) in [6.07, 6.45) is 5.24. The van der Waals surface area contributed by atoms with E-state index in [4.69, 9.17) is 0 Å². The topological polar surface area (TPSA) is 85.2 Å². The van der Waals surface area contributed by atoms with Crippen molar-refractivity contribution < 1.29 is 13.2 Å². The molecule has 2 aromatic rings. The van der Waals surface area contributed by atoms with Gasteiger partial charge in [-0.1, -0.05) is 35.2 Å². The molecular weight excluding hydrogens is 456 g/mol. The SMILES string of the molecule is Cc1cc(C)n(CC(=O)NC2CCCCC2)c(=O)c1S(=O)(=O)c1ccc(Br)cc1. The zero-order valence-electron chi connectivity index (χ0n) is 16.6. The van der Waals surface area contributed by atoms with Gasteiger partial charge < -0.3 is 9.88 Å².